The number of amides is 1. The van der Waals surface area contributed by atoms with Gasteiger partial charge in [-0.1, -0.05) is 6.07 Å². The molecule has 0 aliphatic carbocycles. The van der Waals surface area contributed by atoms with Crippen LogP contribution >= 0.6 is 0 Å². The van der Waals surface area contributed by atoms with E-state index in [9.17, 15) is 4.79 Å². The Morgan fingerprint density at radius 3 is 2.79 bits per heavy atom. The maximum atomic E-state index is 11.4. The predicted octanol–water partition coefficient (Wildman–Crippen LogP) is 2.39. The average molecular weight is 265 g/mol. The number of hydrogen-bond acceptors (Lipinski definition) is 4. The molecule has 0 aromatic carbocycles. The first kappa shape index (κ1) is 15.4. The van der Waals surface area contributed by atoms with Crippen molar-refractivity contribution in [2.75, 3.05) is 6.54 Å². The highest BCUT2D eigenvalue weighted by atomic mass is 16.6. The summed E-state index contributed by atoms with van der Waals surface area (Å²) in [5, 5.41) is 2.71. The molecule has 0 saturated carbocycles. The summed E-state index contributed by atoms with van der Waals surface area (Å²) in [5.41, 5.74) is 6.42. The van der Waals surface area contributed by atoms with Gasteiger partial charge in [0.05, 0.1) is 5.69 Å². The smallest absolute Gasteiger partial charge is 0.407 e. The predicted molar refractivity (Wildman–Crippen MR) is 74.6 cm³/mol. The molecule has 5 heteroatoms. The fraction of sp³-hybridized carbons (Fsp3) is 0.571. The molecule has 1 rings (SSSR count). The summed E-state index contributed by atoms with van der Waals surface area (Å²) < 4.78 is 5.14. The molecule has 0 saturated heterocycles. The number of ether oxygens (including phenoxy) is 1. The fourth-order valence-electron chi connectivity index (χ4n) is 1.57. The quantitative estimate of drug-likeness (QED) is 0.801. The molecule has 0 bridgehead atoms. The van der Waals surface area contributed by atoms with Gasteiger partial charge in [0.15, 0.2) is 0 Å². The van der Waals surface area contributed by atoms with Crippen LogP contribution in [0.25, 0.3) is 0 Å². The van der Waals surface area contributed by atoms with Crippen molar-refractivity contribution < 1.29 is 9.53 Å². The number of hydrogen-bond donors (Lipinski definition) is 2. The van der Waals surface area contributed by atoms with Crippen LogP contribution < -0.4 is 11.1 Å². The lowest BCUT2D eigenvalue weighted by Gasteiger charge is -2.19. The minimum atomic E-state index is -0.464. The Labute approximate surface area is 114 Å². The van der Waals surface area contributed by atoms with Crippen LogP contribution in [0.4, 0.5) is 4.79 Å². The van der Waals surface area contributed by atoms with Gasteiger partial charge in [0.1, 0.15) is 5.60 Å². The molecule has 19 heavy (non-hydrogen) atoms. The van der Waals surface area contributed by atoms with Crippen molar-refractivity contribution in [2.24, 2.45) is 5.73 Å². The monoisotopic (exact) mass is 265 g/mol. The summed E-state index contributed by atoms with van der Waals surface area (Å²) >= 11 is 0. The van der Waals surface area contributed by atoms with E-state index in [4.69, 9.17) is 10.5 Å². The number of nitrogens with zero attached hydrogens (tertiary/aromatic N) is 1. The van der Waals surface area contributed by atoms with E-state index in [0.717, 1.165) is 18.5 Å². The van der Waals surface area contributed by atoms with Crippen LogP contribution in [0.15, 0.2) is 24.4 Å². The van der Waals surface area contributed by atoms with Gasteiger partial charge in [-0.15, -0.1) is 0 Å². The van der Waals surface area contributed by atoms with Crippen molar-refractivity contribution >= 4 is 6.09 Å². The standard InChI is InChI=1S/C14H23N3O2/c1-14(2,3)19-13(18)17-10-6-7-11(15)12-8-4-5-9-16-12/h4-5,8-9,11H,6-7,10,15H2,1-3H3,(H,17,18)/t11-/m1/s1. The van der Waals surface area contributed by atoms with Crippen molar-refractivity contribution in [3.8, 4) is 0 Å². The van der Waals surface area contributed by atoms with Gasteiger partial charge in [-0.2, -0.15) is 0 Å². The molecule has 1 atom stereocenters. The highest BCUT2D eigenvalue weighted by Gasteiger charge is 2.15. The Morgan fingerprint density at radius 1 is 1.47 bits per heavy atom. The van der Waals surface area contributed by atoms with E-state index < -0.39 is 5.60 Å². The molecule has 3 N–H and O–H groups in total. The highest BCUT2D eigenvalue weighted by Crippen LogP contribution is 2.12. The van der Waals surface area contributed by atoms with Gasteiger partial charge in [0.2, 0.25) is 0 Å². The molecule has 0 aliphatic heterocycles. The Balaban J connectivity index is 2.19. The minimum absolute atomic E-state index is 0.0957. The maximum absolute atomic E-state index is 11.4. The summed E-state index contributed by atoms with van der Waals surface area (Å²) in [4.78, 5) is 15.6. The first-order chi connectivity index (χ1) is 8.88. The largest absolute Gasteiger partial charge is 0.444 e. The first-order valence-electron chi connectivity index (χ1n) is 6.52. The zero-order valence-corrected chi connectivity index (χ0v) is 11.8. The summed E-state index contributed by atoms with van der Waals surface area (Å²) in [7, 11) is 0. The first-order valence-corrected chi connectivity index (χ1v) is 6.52. The van der Waals surface area contributed by atoms with E-state index in [1.165, 1.54) is 0 Å². The Kier molecular flexibility index (Phi) is 5.76. The van der Waals surface area contributed by atoms with Crippen molar-refractivity contribution in [3.63, 3.8) is 0 Å². The van der Waals surface area contributed by atoms with E-state index in [0.29, 0.717) is 6.54 Å². The third-order valence-electron chi connectivity index (χ3n) is 2.43. The number of carbonyl (C=O) groups is 1. The zero-order valence-electron chi connectivity index (χ0n) is 11.8. The normalized spacial score (nSPS) is 12.8. The van der Waals surface area contributed by atoms with Gasteiger partial charge in [-0.3, -0.25) is 4.98 Å². The van der Waals surface area contributed by atoms with Crippen molar-refractivity contribution in [2.45, 2.75) is 45.3 Å². The number of aromatic nitrogens is 1. The van der Waals surface area contributed by atoms with Crippen LogP contribution in [0.5, 0.6) is 0 Å². The topological polar surface area (TPSA) is 77.2 Å². The number of nitrogens with one attached hydrogen (secondary N) is 1. The van der Waals surface area contributed by atoms with E-state index in [2.05, 4.69) is 10.3 Å². The van der Waals surface area contributed by atoms with Gasteiger partial charge < -0.3 is 15.8 Å². The van der Waals surface area contributed by atoms with Crippen molar-refractivity contribution in [1.29, 1.82) is 0 Å². The molecule has 0 unspecified atom stereocenters. The summed E-state index contributed by atoms with van der Waals surface area (Å²) in [6.45, 7) is 6.06. The van der Waals surface area contributed by atoms with Crippen LogP contribution in [0, 0.1) is 0 Å². The lowest BCUT2D eigenvalue weighted by molar-refractivity contribution is 0.0526. The van der Waals surface area contributed by atoms with E-state index in [1.54, 1.807) is 6.20 Å². The number of pyridine rings is 1. The second-order valence-electron chi connectivity index (χ2n) is 5.43. The molecule has 1 amide bonds. The Hall–Kier alpha value is -1.62. The number of rotatable bonds is 5. The maximum Gasteiger partial charge on any atom is 0.407 e. The molecular weight excluding hydrogens is 242 g/mol. The third-order valence-corrected chi connectivity index (χ3v) is 2.43. The van der Waals surface area contributed by atoms with Crippen LogP contribution in [-0.2, 0) is 4.74 Å². The second-order valence-corrected chi connectivity index (χ2v) is 5.43. The molecule has 106 valence electrons. The third kappa shape index (κ3) is 6.76. The summed E-state index contributed by atoms with van der Waals surface area (Å²) in [5.74, 6) is 0. The van der Waals surface area contributed by atoms with Crippen LogP contribution in [0.2, 0.25) is 0 Å². The SMILES string of the molecule is CC(C)(C)OC(=O)NCCC[C@@H](N)c1ccccn1. The van der Waals surface area contributed by atoms with Gasteiger partial charge in [-0.05, 0) is 45.7 Å². The number of alkyl carbamates (subject to hydrolysis) is 1. The van der Waals surface area contributed by atoms with E-state index >= 15 is 0 Å². The molecule has 1 aromatic heterocycles. The van der Waals surface area contributed by atoms with Gasteiger partial charge in [0, 0.05) is 18.8 Å². The summed E-state index contributed by atoms with van der Waals surface area (Å²) in [6.07, 6.45) is 2.90. The van der Waals surface area contributed by atoms with Crippen LogP contribution in [0.1, 0.15) is 45.3 Å². The Morgan fingerprint density at radius 2 is 2.21 bits per heavy atom. The fourth-order valence-corrected chi connectivity index (χ4v) is 1.57. The molecule has 0 radical (unpaired) electrons. The molecule has 1 heterocycles. The molecular formula is C14H23N3O2. The van der Waals surface area contributed by atoms with Gasteiger partial charge in [-0.25, -0.2) is 4.79 Å². The lowest BCUT2D eigenvalue weighted by atomic mass is 10.1. The van der Waals surface area contributed by atoms with E-state index in [-0.39, 0.29) is 12.1 Å². The molecule has 0 fully saturated rings. The lowest BCUT2D eigenvalue weighted by Crippen LogP contribution is -2.33. The zero-order chi connectivity index (χ0) is 14.3. The molecule has 0 aliphatic rings. The van der Waals surface area contributed by atoms with Gasteiger partial charge in [0.25, 0.3) is 0 Å². The second kappa shape index (κ2) is 7.09. The molecule has 0 spiro atoms. The molecule has 1 aromatic rings. The average Bonchev–Trinajstić information content (AvgIpc) is 2.33. The summed E-state index contributed by atoms with van der Waals surface area (Å²) in [6, 6.07) is 5.59. The van der Waals surface area contributed by atoms with Crippen molar-refractivity contribution in [1.82, 2.24) is 10.3 Å². The van der Waals surface area contributed by atoms with Crippen LogP contribution in [-0.4, -0.2) is 23.2 Å². The van der Waals surface area contributed by atoms with Gasteiger partial charge >= 0.3 is 6.09 Å². The molecule has 5 nitrogen and oxygen atoms in total. The van der Waals surface area contributed by atoms with Crippen molar-refractivity contribution in [3.05, 3.63) is 30.1 Å². The number of nitrogens with two attached hydrogens (primary N) is 1. The Bertz CT molecular complexity index is 387. The highest BCUT2D eigenvalue weighted by molar-refractivity contribution is 5.67. The number of carbonyl (C=O) groups excluding carboxylic acids is 1. The minimum Gasteiger partial charge on any atom is -0.444 e. The van der Waals surface area contributed by atoms with E-state index in [1.807, 2.05) is 39.0 Å². The van der Waals surface area contributed by atoms with Crippen LogP contribution in [0.3, 0.4) is 0 Å².